The average molecular weight is 324 g/mol. The van der Waals surface area contributed by atoms with Crippen molar-refractivity contribution >= 4 is 18.0 Å². The Labute approximate surface area is 132 Å². The maximum Gasteiger partial charge on any atom is 0.290 e. The van der Waals surface area contributed by atoms with Crippen LogP contribution in [-0.2, 0) is 11.8 Å². The number of aliphatic hydroxyl groups excluding tert-OH is 2. The zero-order valence-electron chi connectivity index (χ0n) is 12.7. The van der Waals surface area contributed by atoms with Crippen molar-refractivity contribution in [3.63, 3.8) is 0 Å². The third-order valence-electron chi connectivity index (χ3n) is 4.01. The third kappa shape index (κ3) is 3.35. The summed E-state index contributed by atoms with van der Waals surface area (Å²) < 4.78 is 3.50. The second-order valence-corrected chi connectivity index (χ2v) is 5.39. The molecule has 0 aliphatic carbocycles. The van der Waals surface area contributed by atoms with E-state index < -0.39 is 6.10 Å². The van der Waals surface area contributed by atoms with Gasteiger partial charge in [0.2, 0.25) is 0 Å². The molecule has 1 saturated heterocycles. The van der Waals surface area contributed by atoms with Gasteiger partial charge in [-0.25, -0.2) is 4.52 Å². The summed E-state index contributed by atoms with van der Waals surface area (Å²) in [6.45, 7) is 0.508. The minimum Gasteiger partial charge on any atom is -0.483 e. The maximum absolute atomic E-state index is 12.6. The topological polar surface area (TPSA) is 120 Å². The first-order chi connectivity index (χ1) is 11.0. The number of β-amino-alcohol motifs (C(OH)–C–C–N with tert-alkyl or cyclic N) is 1. The van der Waals surface area contributed by atoms with Crippen LogP contribution in [0.2, 0.25) is 0 Å². The van der Waals surface area contributed by atoms with Crippen molar-refractivity contribution in [2.75, 3.05) is 19.7 Å². The van der Waals surface area contributed by atoms with Gasteiger partial charge in [-0.2, -0.15) is 5.10 Å². The quantitative estimate of drug-likeness (QED) is 0.621. The maximum atomic E-state index is 12.6. The van der Waals surface area contributed by atoms with Crippen molar-refractivity contribution in [1.29, 1.82) is 0 Å². The van der Waals surface area contributed by atoms with Gasteiger partial charge < -0.3 is 24.8 Å². The van der Waals surface area contributed by atoms with Crippen LogP contribution in [0, 0.1) is 5.92 Å². The van der Waals surface area contributed by atoms with E-state index in [1.165, 1.54) is 0 Å². The van der Waals surface area contributed by atoms with Gasteiger partial charge in [0.25, 0.3) is 12.4 Å². The monoisotopic (exact) mass is 324 g/mol. The van der Waals surface area contributed by atoms with Crippen molar-refractivity contribution in [1.82, 2.24) is 19.1 Å². The molecule has 2 aromatic heterocycles. The van der Waals surface area contributed by atoms with Gasteiger partial charge in [0.15, 0.2) is 0 Å². The van der Waals surface area contributed by atoms with Crippen molar-refractivity contribution in [2.24, 2.45) is 13.0 Å². The molecule has 0 radical (unpaired) electrons. The SMILES string of the molecule is Cn1ccn2ncc(C(=O)N3CC[C@H](CO)[C@H](O)C3)c12.O=CO. The minimum atomic E-state index is -0.669. The molecular weight excluding hydrogens is 304 g/mol. The summed E-state index contributed by atoms with van der Waals surface area (Å²) >= 11 is 0. The Morgan fingerprint density at radius 2 is 2.17 bits per heavy atom. The van der Waals surface area contributed by atoms with Crippen LogP contribution in [0.1, 0.15) is 16.8 Å². The fourth-order valence-electron chi connectivity index (χ4n) is 2.75. The predicted octanol–water partition coefficient (Wildman–Crippen LogP) is -0.811. The Bertz CT molecular complexity index is 680. The summed E-state index contributed by atoms with van der Waals surface area (Å²) in [6, 6.07) is 0. The van der Waals surface area contributed by atoms with Crippen LogP contribution in [0.3, 0.4) is 0 Å². The molecule has 126 valence electrons. The second-order valence-electron chi connectivity index (χ2n) is 5.39. The van der Waals surface area contributed by atoms with E-state index in [0.717, 1.165) is 5.65 Å². The normalized spacial score (nSPS) is 20.9. The van der Waals surface area contributed by atoms with E-state index in [-0.39, 0.29) is 31.4 Å². The number of aryl methyl sites for hydroxylation is 1. The molecule has 2 atom stereocenters. The van der Waals surface area contributed by atoms with Crippen molar-refractivity contribution in [2.45, 2.75) is 12.5 Å². The van der Waals surface area contributed by atoms with Gasteiger partial charge >= 0.3 is 0 Å². The fraction of sp³-hybridized carbons (Fsp3) is 0.500. The number of imidazole rings is 1. The molecule has 3 heterocycles. The highest BCUT2D eigenvalue weighted by atomic mass is 16.3. The molecule has 0 saturated carbocycles. The first kappa shape index (κ1) is 17.0. The average Bonchev–Trinajstić information content (AvgIpc) is 3.11. The number of amides is 1. The number of rotatable bonds is 2. The lowest BCUT2D eigenvalue weighted by Crippen LogP contribution is -2.47. The molecule has 3 rings (SSSR count). The number of likely N-dealkylation sites (tertiary alicyclic amines) is 1. The molecule has 23 heavy (non-hydrogen) atoms. The number of hydrogen-bond donors (Lipinski definition) is 3. The van der Waals surface area contributed by atoms with Gasteiger partial charge in [0.05, 0.1) is 12.3 Å². The highest BCUT2D eigenvalue weighted by Gasteiger charge is 2.31. The van der Waals surface area contributed by atoms with E-state index in [1.807, 2.05) is 17.8 Å². The zero-order valence-corrected chi connectivity index (χ0v) is 12.7. The predicted molar refractivity (Wildman–Crippen MR) is 80.0 cm³/mol. The van der Waals surface area contributed by atoms with E-state index in [9.17, 15) is 9.90 Å². The second kappa shape index (κ2) is 7.25. The molecule has 1 aliphatic rings. The number of piperidine rings is 1. The molecule has 0 unspecified atom stereocenters. The van der Waals surface area contributed by atoms with E-state index in [2.05, 4.69) is 5.10 Å². The van der Waals surface area contributed by atoms with Gasteiger partial charge in [-0.15, -0.1) is 0 Å². The van der Waals surface area contributed by atoms with Crippen LogP contribution in [0.25, 0.3) is 5.65 Å². The van der Waals surface area contributed by atoms with Crippen LogP contribution in [0.4, 0.5) is 0 Å². The molecule has 2 aromatic rings. The molecule has 1 aliphatic heterocycles. The smallest absolute Gasteiger partial charge is 0.290 e. The number of carbonyl (C=O) groups excluding carboxylic acids is 1. The summed E-state index contributed by atoms with van der Waals surface area (Å²) in [5.41, 5.74) is 1.28. The number of fused-ring (bicyclic) bond motifs is 1. The van der Waals surface area contributed by atoms with E-state index >= 15 is 0 Å². The molecule has 3 N–H and O–H groups in total. The van der Waals surface area contributed by atoms with Crippen LogP contribution in [-0.4, -0.2) is 72.6 Å². The molecule has 1 amide bonds. The molecule has 9 heteroatoms. The minimum absolute atomic E-state index is 0.0426. The molecule has 0 aromatic carbocycles. The first-order valence-corrected chi connectivity index (χ1v) is 7.18. The largest absolute Gasteiger partial charge is 0.483 e. The molecule has 1 fully saturated rings. The Balaban J connectivity index is 0.000000595. The van der Waals surface area contributed by atoms with E-state index in [1.54, 1.807) is 21.8 Å². The van der Waals surface area contributed by atoms with Gasteiger partial charge in [0.1, 0.15) is 11.2 Å². The van der Waals surface area contributed by atoms with E-state index in [0.29, 0.717) is 18.5 Å². The Morgan fingerprint density at radius 1 is 1.48 bits per heavy atom. The lowest BCUT2D eigenvalue weighted by atomic mass is 9.94. The molecular formula is C14H20N4O5. The van der Waals surface area contributed by atoms with Crippen LogP contribution in [0.5, 0.6) is 0 Å². The van der Waals surface area contributed by atoms with Crippen molar-refractivity contribution in [3.05, 3.63) is 24.2 Å². The number of hydrogen-bond acceptors (Lipinski definition) is 5. The van der Waals surface area contributed by atoms with Crippen LogP contribution >= 0.6 is 0 Å². The highest BCUT2D eigenvalue weighted by molar-refractivity contribution is 5.99. The van der Waals surface area contributed by atoms with Gasteiger partial charge in [-0.3, -0.25) is 9.59 Å². The van der Waals surface area contributed by atoms with Gasteiger partial charge in [-0.05, 0) is 6.42 Å². The van der Waals surface area contributed by atoms with E-state index in [4.69, 9.17) is 15.0 Å². The number of carbonyl (C=O) groups is 2. The first-order valence-electron chi connectivity index (χ1n) is 7.18. The highest BCUT2D eigenvalue weighted by Crippen LogP contribution is 2.21. The number of aliphatic hydroxyl groups is 2. The number of nitrogens with zero attached hydrogens (tertiary/aromatic N) is 4. The van der Waals surface area contributed by atoms with Crippen LogP contribution in [0.15, 0.2) is 18.6 Å². The van der Waals surface area contributed by atoms with Gasteiger partial charge in [0, 0.05) is 45.1 Å². The Morgan fingerprint density at radius 3 is 2.78 bits per heavy atom. The standard InChI is InChI=1S/C13H18N4O3.CH2O2/c1-15-4-5-17-12(15)10(6-14-17)13(20)16-3-2-9(8-18)11(19)7-16;2-1-3/h4-6,9,11,18-19H,2-3,7-8H2,1H3;1H,(H,2,3)/t9-,11-;/m1./s1. The van der Waals surface area contributed by atoms with Crippen molar-refractivity contribution < 1.29 is 24.9 Å². The zero-order chi connectivity index (χ0) is 17.0. The Kier molecular flexibility index (Phi) is 5.35. The molecule has 0 bridgehead atoms. The number of carboxylic acid groups (broad SMARTS) is 1. The number of aromatic nitrogens is 3. The molecule has 0 spiro atoms. The lowest BCUT2D eigenvalue weighted by Gasteiger charge is -2.34. The summed E-state index contributed by atoms with van der Waals surface area (Å²) in [4.78, 5) is 22.5. The Hall–Kier alpha value is -2.39. The third-order valence-corrected chi connectivity index (χ3v) is 4.01. The lowest BCUT2D eigenvalue weighted by molar-refractivity contribution is -0.122. The summed E-state index contributed by atoms with van der Waals surface area (Å²) in [5.74, 6) is -0.265. The summed E-state index contributed by atoms with van der Waals surface area (Å²) in [7, 11) is 1.86. The van der Waals surface area contributed by atoms with Gasteiger partial charge in [-0.1, -0.05) is 0 Å². The molecule has 9 nitrogen and oxygen atoms in total. The summed E-state index contributed by atoms with van der Waals surface area (Å²) in [6.07, 6.45) is 5.13. The van der Waals surface area contributed by atoms with Crippen LogP contribution < -0.4 is 0 Å². The summed E-state index contributed by atoms with van der Waals surface area (Å²) in [5, 5.41) is 30.1. The van der Waals surface area contributed by atoms with Crippen molar-refractivity contribution in [3.8, 4) is 0 Å². The fourth-order valence-corrected chi connectivity index (χ4v) is 2.75.